The Bertz CT molecular complexity index is 660. The van der Waals surface area contributed by atoms with Crippen LogP contribution < -0.4 is 4.72 Å². The molecule has 1 N–H and O–H groups in total. The molecule has 1 aliphatic heterocycles. The van der Waals surface area contributed by atoms with E-state index in [9.17, 15) is 18.5 Å². The summed E-state index contributed by atoms with van der Waals surface area (Å²) in [6, 6.07) is 3.85. The van der Waals surface area contributed by atoms with Gasteiger partial charge < -0.3 is 4.90 Å². The van der Waals surface area contributed by atoms with Crippen LogP contribution in [0, 0.1) is 23.0 Å². The fourth-order valence-corrected chi connectivity index (χ4v) is 3.95. The topological polar surface area (TPSA) is 92.6 Å². The summed E-state index contributed by atoms with van der Waals surface area (Å²) in [5.74, 6) is 0.299. The number of hydrogen-bond acceptors (Lipinski definition) is 5. The summed E-state index contributed by atoms with van der Waals surface area (Å²) in [4.78, 5) is 12.5. The molecule has 2 rings (SSSR count). The van der Waals surface area contributed by atoms with Crippen molar-refractivity contribution in [1.82, 2.24) is 9.62 Å². The van der Waals surface area contributed by atoms with Gasteiger partial charge in [-0.05, 0) is 51.4 Å². The first kappa shape index (κ1) is 16.9. The molecule has 1 aromatic rings. The monoisotopic (exact) mass is 327 g/mol. The van der Waals surface area contributed by atoms with Gasteiger partial charge in [-0.25, -0.2) is 13.1 Å². The predicted octanol–water partition coefficient (Wildman–Crippen LogP) is 1.52. The highest BCUT2D eigenvalue weighted by Crippen LogP contribution is 2.22. The molecular formula is C14H21N3O4S. The van der Waals surface area contributed by atoms with Crippen LogP contribution in [-0.4, -0.2) is 44.9 Å². The average Bonchev–Trinajstić information content (AvgIpc) is 2.45. The smallest absolute Gasteiger partial charge is 0.272 e. The molecule has 122 valence electrons. The van der Waals surface area contributed by atoms with Crippen LogP contribution in [0.2, 0.25) is 0 Å². The van der Waals surface area contributed by atoms with Crippen LogP contribution in [0.4, 0.5) is 5.69 Å². The van der Waals surface area contributed by atoms with Gasteiger partial charge in [0.2, 0.25) is 10.0 Å². The van der Waals surface area contributed by atoms with Crippen molar-refractivity contribution in [3.8, 4) is 0 Å². The molecule has 0 unspecified atom stereocenters. The lowest BCUT2D eigenvalue weighted by Gasteiger charge is -2.29. The standard InChI is InChI=1S/C14H21N3O4S/c1-11-8-13(5-6-14(11)17(18)19)22(20,21)15-9-12-4-3-7-16(2)10-12/h5-6,8,12,15H,3-4,7,9-10H2,1-2H3/t12-/m0/s1. The predicted molar refractivity (Wildman–Crippen MR) is 83.2 cm³/mol. The summed E-state index contributed by atoms with van der Waals surface area (Å²) >= 11 is 0. The maximum Gasteiger partial charge on any atom is 0.272 e. The van der Waals surface area contributed by atoms with E-state index in [1.54, 1.807) is 0 Å². The van der Waals surface area contributed by atoms with Crippen molar-refractivity contribution in [1.29, 1.82) is 0 Å². The van der Waals surface area contributed by atoms with Crippen molar-refractivity contribution in [3.63, 3.8) is 0 Å². The molecule has 0 radical (unpaired) electrons. The second-order valence-corrected chi connectivity index (χ2v) is 7.59. The van der Waals surface area contributed by atoms with E-state index >= 15 is 0 Å². The molecule has 0 aliphatic carbocycles. The molecule has 1 fully saturated rings. The Labute approximate surface area is 130 Å². The molecule has 1 saturated heterocycles. The largest absolute Gasteiger partial charge is 0.306 e. The van der Waals surface area contributed by atoms with Gasteiger partial charge in [0, 0.05) is 24.7 Å². The quantitative estimate of drug-likeness (QED) is 0.654. The highest BCUT2D eigenvalue weighted by molar-refractivity contribution is 7.89. The Morgan fingerprint density at radius 1 is 1.45 bits per heavy atom. The van der Waals surface area contributed by atoms with E-state index < -0.39 is 14.9 Å². The van der Waals surface area contributed by atoms with Gasteiger partial charge >= 0.3 is 0 Å². The van der Waals surface area contributed by atoms with Crippen LogP contribution in [0.25, 0.3) is 0 Å². The molecule has 0 saturated carbocycles. The van der Waals surface area contributed by atoms with Crippen molar-refractivity contribution in [2.45, 2.75) is 24.7 Å². The van der Waals surface area contributed by atoms with Crippen LogP contribution in [-0.2, 0) is 10.0 Å². The number of nitrogens with zero attached hydrogens (tertiary/aromatic N) is 2. The third-order valence-electron chi connectivity index (χ3n) is 3.96. The highest BCUT2D eigenvalue weighted by Gasteiger charge is 2.22. The van der Waals surface area contributed by atoms with Crippen molar-refractivity contribution >= 4 is 15.7 Å². The maximum absolute atomic E-state index is 12.3. The first-order chi connectivity index (χ1) is 10.3. The zero-order valence-corrected chi connectivity index (χ0v) is 13.6. The summed E-state index contributed by atoms with van der Waals surface area (Å²) < 4.78 is 27.2. The number of sulfonamides is 1. The minimum absolute atomic E-state index is 0.0692. The van der Waals surface area contributed by atoms with Gasteiger partial charge in [-0.3, -0.25) is 10.1 Å². The van der Waals surface area contributed by atoms with Crippen LogP contribution in [0.1, 0.15) is 18.4 Å². The molecular weight excluding hydrogens is 306 g/mol. The molecule has 0 amide bonds. The van der Waals surface area contributed by atoms with Crippen LogP contribution in [0.5, 0.6) is 0 Å². The SMILES string of the molecule is Cc1cc(S(=O)(=O)NC[C@@H]2CCCN(C)C2)ccc1[N+](=O)[O-]. The number of aryl methyl sites for hydroxylation is 1. The zero-order valence-electron chi connectivity index (χ0n) is 12.8. The Kier molecular flexibility index (Phi) is 5.15. The van der Waals surface area contributed by atoms with E-state index in [-0.39, 0.29) is 10.6 Å². The number of piperidine rings is 1. The maximum atomic E-state index is 12.3. The average molecular weight is 327 g/mol. The lowest BCUT2D eigenvalue weighted by molar-refractivity contribution is -0.385. The number of hydrogen-bond donors (Lipinski definition) is 1. The number of likely N-dealkylation sites (tertiary alicyclic amines) is 1. The molecule has 0 aromatic heterocycles. The second-order valence-electron chi connectivity index (χ2n) is 5.83. The van der Waals surface area contributed by atoms with Crippen molar-refractivity contribution < 1.29 is 13.3 Å². The van der Waals surface area contributed by atoms with Gasteiger partial charge in [0.25, 0.3) is 5.69 Å². The van der Waals surface area contributed by atoms with E-state index in [2.05, 4.69) is 9.62 Å². The number of nitro benzene ring substituents is 1. The molecule has 22 heavy (non-hydrogen) atoms. The fraction of sp³-hybridized carbons (Fsp3) is 0.571. The first-order valence-corrected chi connectivity index (χ1v) is 8.71. The van der Waals surface area contributed by atoms with Crippen LogP contribution in [0.15, 0.2) is 23.1 Å². The van der Waals surface area contributed by atoms with Gasteiger partial charge in [-0.15, -0.1) is 0 Å². The van der Waals surface area contributed by atoms with Gasteiger partial charge in [0.1, 0.15) is 0 Å². The van der Waals surface area contributed by atoms with Crippen LogP contribution in [0.3, 0.4) is 0 Å². The van der Waals surface area contributed by atoms with E-state index in [1.807, 2.05) is 7.05 Å². The molecule has 1 aliphatic rings. The zero-order chi connectivity index (χ0) is 16.3. The highest BCUT2D eigenvalue weighted by atomic mass is 32.2. The summed E-state index contributed by atoms with van der Waals surface area (Å²) in [7, 11) is -1.61. The summed E-state index contributed by atoms with van der Waals surface area (Å²) in [5.41, 5.74) is 0.262. The Morgan fingerprint density at radius 3 is 2.77 bits per heavy atom. The number of benzene rings is 1. The third-order valence-corrected chi connectivity index (χ3v) is 5.38. The first-order valence-electron chi connectivity index (χ1n) is 7.23. The number of rotatable bonds is 5. The van der Waals surface area contributed by atoms with Gasteiger partial charge in [0.15, 0.2) is 0 Å². The molecule has 0 spiro atoms. The number of nitro groups is 1. The Morgan fingerprint density at radius 2 is 2.18 bits per heavy atom. The Balaban J connectivity index is 2.07. The van der Waals surface area contributed by atoms with Gasteiger partial charge in [-0.2, -0.15) is 0 Å². The van der Waals surface area contributed by atoms with Crippen LogP contribution >= 0.6 is 0 Å². The lowest BCUT2D eigenvalue weighted by Crippen LogP contribution is -2.39. The third kappa shape index (κ3) is 4.02. The molecule has 7 nitrogen and oxygen atoms in total. The van der Waals surface area contributed by atoms with Crippen molar-refractivity contribution in [3.05, 3.63) is 33.9 Å². The van der Waals surface area contributed by atoms with Crippen molar-refractivity contribution in [2.75, 3.05) is 26.7 Å². The summed E-state index contributed by atoms with van der Waals surface area (Å²) in [5, 5.41) is 10.8. The lowest BCUT2D eigenvalue weighted by atomic mass is 9.99. The summed E-state index contributed by atoms with van der Waals surface area (Å²) in [6.45, 7) is 3.85. The second kappa shape index (κ2) is 6.72. The van der Waals surface area contributed by atoms with Gasteiger partial charge in [-0.1, -0.05) is 0 Å². The summed E-state index contributed by atoms with van der Waals surface area (Å²) in [6.07, 6.45) is 2.08. The van der Waals surface area contributed by atoms with E-state index in [0.717, 1.165) is 25.9 Å². The number of nitrogens with one attached hydrogen (secondary N) is 1. The molecule has 8 heteroatoms. The van der Waals surface area contributed by atoms with Crippen molar-refractivity contribution in [2.24, 2.45) is 5.92 Å². The molecule has 1 heterocycles. The fourth-order valence-electron chi connectivity index (χ4n) is 2.75. The van der Waals surface area contributed by atoms with E-state index in [4.69, 9.17) is 0 Å². The molecule has 1 atom stereocenters. The van der Waals surface area contributed by atoms with E-state index in [0.29, 0.717) is 18.0 Å². The minimum Gasteiger partial charge on any atom is -0.306 e. The molecule has 0 bridgehead atoms. The molecule has 1 aromatic carbocycles. The minimum atomic E-state index is -3.63. The normalized spacial score (nSPS) is 20.0. The van der Waals surface area contributed by atoms with Gasteiger partial charge in [0.05, 0.1) is 9.82 Å². The Hall–Kier alpha value is -1.51. The van der Waals surface area contributed by atoms with E-state index in [1.165, 1.54) is 25.1 Å².